The van der Waals surface area contributed by atoms with Crippen LogP contribution in [0.5, 0.6) is 0 Å². The lowest BCUT2D eigenvalue weighted by Gasteiger charge is -2.32. The second kappa shape index (κ2) is 7.39. The van der Waals surface area contributed by atoms with E-state index in [1.54, 1.807) is 6.07 Å². The molecule has 0 radical (unpaired) electrons. The van der Waals surface area contributed by atoms with E-state index in [-0.39, 0.29) is 17.7 Å². The van der Waals surface area contributed by atoms with Gasteiger partial charge < -0.3 is 10.2 Å². The summed E-state index contributed by atoms with van der Waals surface area (Å²) in [5.74, 6) is -0.0479. The fourth-order valence-corrected chi connectivity index (χ4v) is 3.13. The van der Waals surface area contributed by atoms with Crippen molar-refractivity contribution in [2.75, 3.05) is 31.6 Å². The largest absolute Gasteiger partial charge is 0.348 e. The molecule has 1 fully saturated rings. The molecule has 22 heavy (non-hydrogen) atoms. The number of piperidine rings is 1. The highest BCUT2D eigenvalue weighted by Crippen LogP contribution is 2.12. The third-order valence-corrected chi connectivity index (χ3v) is 4.81. The van der Waals surface area contributed by atoms with Crippen LogP contribution in [0.1, 0.15) is 23.3 Å². The Balaban J connectivity index is 1.79. The maximum atomic E-state index is 12.1. The van der Waals surface area contributed by atoms with E-state index in [1.807, 2.05) is 0 Å². The Kier molecular flexibility index (Phi) is 5.77. The number of amides is 1. The Hall–Kier alpha value is -1.18. The van der Waals surface area contributed by atoms with Gasteiger partial charge >= 0.3 is 0 Å². The van der Waals surface area contributed by atoms with E-state index in [4.69, 9.17) is 11.6 Å². The quantitative estimate of drug-likeness (QED) is 0.860. The standard InChI is InChI=1S/C14H20ClN3O3S/c1-22(20,21)9-8-18-6-3-12(4-7-18)17-14(19)13-10-11(15)2-5-16-13/h2,5,10,12H,3-4,6-9H2,1H3,(H,17,19). The third kappa shape index (κ3) is 5.55. The van der Waals surface area contributed by atoms with Crippen LogP contribution >= 0.6 is 11.6 Å². The highest BCUT2D eigenvalue weighted by atomic mass is 35.5. The number of halogens is 1. The Labute approximate surface area is 135 Å². The molecule has 1 aliphatic rings. The fraction of sp³-hybridized carbons (Fsp3) is 0.571. The van der Waals surface area contributed by atoms with E-state index in [1.165, 1.54) is 18.5 Å². The zero-order valence-electron chi connectivity index (χ0n) is 12.5. The molecule has 1 aliphatic heterocycles. The molecule has 2 rings (SSSR count). The number of carbonyl (C=O) groups is 1. The summed E-state index contributed by atoms with van der Waals surface area (Å²) in [6.07, 6.45) is 4.36. The Morgan fingerprint density at radius 2 is 2.14 bits per heavy atom. The van der Waals surface area contributed by atoms with Gasteiger partial charge in [0.25, 0.3) is 5.91 Å². The molecule has 0 unspecified atom stereocenters. The van der Waals surface area contributed by atoms with Crippen molar-refractivity contribution in [3.63, 3.8) is 0 Å². The number of sulfone groups is 1. The lowest BCUT2D eigenvalue weighted by molar-refractivity contribution is 0.0908. The monoisotopic (exact) mass is 345 g/mol. The van der Waals surface area contributed by atoms with Gasteiger partial charge in [-0.2, -0.15) is 0 Å². The van der Waals surface area contributed by atoms with Gasteiger partial charge in [-0.25, -0.2) is 8.42 Å². The summed E-state index contributed by atoms with van der Waals surface area (Å²) in [5, 5.41) is 3.43. The van der Waals surface area contributed by atoms with Crippen LogP contribution in [0, 0.1) is 0 Å². The molecular formula is C14H20ClN3O3S. The van der Waals surface area contributed by atoms with Gasteiger partial charge in [-0.3, -0.25) is 9.78 Å². The molecule has 1 N–H and O–H groups in total. The Morgan fingerprint density at radius 3 is 2.73 bits per heavy atom. The SMILES string of the molecule is CS(=O)(=O)CCN1CCC(NC(=O)c2cc(Cl)ccn2)CC1. The molecule has 0 atom stereocenters. The summed E-state index contributed by atoms with van der Waals surface area (Å²) < 4.78 is 22.3. The van der Waals surface area contributed by atoms with Gasteiger partial charge in [-0.05, 0) is 25.0 Å². The molecule has 122 valence electrons. The third-order valence-electron chi connectivity index (χ3n) is 3.66. The summed E-state index contributed by atoms with van der Waals surface area (Å²) in [7, 11) is -2.93. The molecule has 0 aliphatic carbocycles. The second-order valence-corrected chi connectivity index (χ2v) is 8.27. The topological polar surface area (TPSA) is 79.4 Å². The number of aromatic nitrogens is 1. The van der Waals surface area contributed by atoms with Gasteiger partial charge in [0.2, 0.25) is 0 Å². The van der Waals surface area contributed by atoms with Crippen molar-refractivity contribution in [3.8, 4) is 0 Å². The molecule has 0 aromatic carbocycles. The van der Waals surface area contributed by atoms with E-state index in [0.29, 0.717) is 17.3 Å². The molecule has 0 spiro atoms. The number of nitrogens with zero attached hydrogens (tertiary/aromatic N) is 2. The fourth-order valence-electron chi connectivity index (χ4n) is 2.38. The van der Waals surface area contributed by atoms with E-state index in [0.717, 1.165) is 25.9 Å². The van der Waals surface area contributed by atoms with Crippen LogP contribution in [0.4, 0.5) is 0 Å². The van der Waals surface area contributed by atoms with Crippen LogP contribution in [0.3, 0.4) is 0 Å². The number of hydrogen-bond acceptors (Lipinski definition) is 5. The molecule has 8 heteroatoms. The molecule has 0 saturated carbocycles. The minimum Gasteiger partial charge on any atom is -0.348 e. The lowest BCUT2D eigenvalue weighted by atomic mass is 10.0. The van der Waals surface area contributed by atoms with E-state index in [9.17, 15) is 13.2 Å². The average molecular weight is 346 g/mol. The zero-order valence-corrected chi connectivity index (χ0v) is 14.0. The second-order valence-electron chi connectivity index (χ2n) is 5.58. The number of pyridine rings is 1. The first-order valence-electron chi connectivity index (χ1n) is 7.16. The smallest absolute Gasteiger partial charge is 0.270 e. The van der Waals surface area contributed by atoms with Crippen LogP contribution in [0.25, 0.3) is 0 Å². The summed E-state index contributed by atoms with van der Waals surface area (Å²) in [6, 6.07) is 3.25. The number of likely N-dealkylation sites (tertiary alicyclic amines) is 1. The number of hydrogen-bond donors (Lipinski definition) is 1. The Bertz CT molecular complexity index is 628. The van der Waals surface area contributed by atoms with Crippen LogP contribution < -0.4 is 5.32 Å². The van der Waals surface area contributed by atoms with E-state index in [2.05, 4.69) is 15.2 Å². The molecule has 6 nitrogen and oxygen atoms in total. The molecule has 1 aromatic rings. The van der Waals surface area contributed by atoms with E-state index < -0.39 is 9.84 Å². The molecule has 1 saturated heterocycles. The van der Waals surface area contributed by atoms with Crippen molar-refractivity contribution < 1.29 is 13.2 Å². The molecule has 1 amide bonds. The van der Waals surface area contributed by atoms with Gasteiger partial charge in [0.05, 0.1) is 5.75 Å². The minimum atomic E-state index is -2.93. The number of carbonyl (C=O) groups excluding carboxylic acids is 1. The van der Waals surface area contributed by atoms with Crippen LogP contribution in [0.2, 0.25) is 5.02 Å². The van der Waals surface area contributed by atoms with Crippen molar-refractivity contribution in [1.82, 2.24) is 15.2 Å². The van der Waals surface area contributed by atoms with Crippen LogP contribution in [-0.4, -0.2) is 61.9 Å². The molecule has 1 aromatic heterocycles. The normalized spacial score (nSPS) is 17.4. The van der Waals surface area contributed by atoms with Crippen molar-refractivity contribution in [3.05, 3.63) is 29.0 Å². The first-order chi connectivity index (χ1) is 10.3. The van der Waals surface area contributed by atoms with Gasteiger partial charge in [-0.15, -0.1) is 0 Å². The summed E-state index contributed by atoms with van der Waals surface area (Å²) in [5.41, 5.74) is 0.312. The predicted octanol–water partition coefficient (Wildman–Crippen LogP) is 0.974. The number of nitrogens with one attached hydrogen (secondary N) is 1. The number of rotatable bonds is 5. The van der Waals surface area contributed by atoms with Gasteiger partial charge in [0.1, 0.15) is 15.5 Å². The maximum Gasteiger partial charge on any atom is 0.270 e. The van der Waals surface area contributed by atoms with Crippen molar-refractivity contribution >= 4 is 27.3 Å². The predicted molar refractivity (Wildman–Crippen MR) is 85.9 cm³/mol. The molecule has 0 bridgehead atoms. The minimum absolute atomic E-state index is 0.0859. The molecule has 2 heterocycles. The maximum absolute atomic E-state index is 12.1. The van der Waals surface area contributed by atoms with Crippen molar-refractivity contribution in [2.24, 2.45) is 0 Å². The van der Waals surface area contributed by atoms with Crippen molar-refractivity contribution in [2.45, 2.75) is 18.9 Å². The highest BCUT2D eigenvalue weighted by Gasteiger charge is 2.22. The lowest BCUT2D eigenvalue weighted by Crippen LogP contribution is -2.45. The van der Waals surface area contributed by atoms with Gasteiger partial charge in [0.15, 0.2) is 0 Å². The summed E-state index contributed by atoms with van der Waals surface area (Å²) in [4.78, 5) is 18.2. The highest BCUT2D eigenvalue weighted by molar-refractivity contribution is 7.90. The van der Waals surface area contributed by atoms with E-state index >= 15 is 0 Å². The average Bonchev–Trinajstić information content (AvgIpc) is 2.46. The van der Waals surface area contributed by atoms with Gasteiger partial charge in [-0.1, -0.05) is 11.6 Å². The molecular weight excluding hydrogens is 326 g/mol. The summed E-state index contributed by atoms with van der Waals surface area (Å²) in [6.45, 7) is 2.11. The van der Waals surface area contributed by atoms with Crippen molar-refractivity contribution in [1.29, 1.82) is 0 Å². The zero-order chi connectivity index (χ0) is 16.2. The van der Waals surface area contributed by atoms with Crippen LogP contribution in [-0.2, 0) is 9.84 Å². The Morgan fingerprint density at radius 1 is 1.45 bits per heavy atom. The summed E-state index contributed by atoms with van der Waals surface area (Å²) >= 11 is 5.85. The first kappa shape index (κ1) is 17.2. The van der Waals surface area contributed by atoms with Crippen LogP contribution in [0.15, 0.2) is 18.3 Å². The first-order valence-corrected chi connectivity index (χ1v) is 9.60. The van der Waals surface area contributed by atoms with Gasteiger partial charge in [0, 0.05) is 43.2 Å².